The molecule has 0 saturated heterocycles. The van der Waals surface area contributed by atoms with Crippen molar-refractivity contribution in [3.05, 3.63) is 39.4 Å². The Balaban J connectivity index is 2.24. The zero-order valence-corrected chi connectivity index (χ0v) is 16.6. The van der Waals surface area contributed by atoms with Crippen molar-refractivity contribution in [1.82, 2.24) is 15.3 Å². The van der Waals surface area contributed by atoms with Gasteiger partial charge in [-0.25, -0.2) is 4.98 Å². The van der Waals surface area contributed by atoms with Crippen LogP contribution in [0.2, 0.25) is 0 Å². The summed E-state index contributed by atoms with van der Waals surface area (Å²) in [5.74, 6) is 0.0363. The summed E-state index contributed by atoms with van der Waals surface area (Å²) in [6.07, 6.45) is 0.473. The monoisotopic (exact) mass is 391 g/mol. The van der Waals surface area contributed by atoms with E-state index in [2.05, 4.69) is 15.3 Å². The molecule has 3 N–H and O–H groups in total. The van der Waals surface area contributed by atoms with Crippen molar-refractivity contribution in [2.24, 2.45) is 5.92 Å². The summed E-state index contributed by atoms with van der Waals surface area (Å²) in [4.78, 5) is 31.5. The van der Waals surface area contributed by atoms with Crippen LogP contribution in [0, 0.1) is 5.92 Å². The molecule has 152 valence electrons. The molecule has 0 spiro atoms. The third-order valence-electron chi connectivity index (χ3n) is 3.97. The highest BCUT2D eigenvalue weighted by molar-refractivity contribution is 5.94. The predicted octanol–water partition coefficient (Wildman–Crippen LogP) is 1.63. The molecule has 0 atom stereocenters. The van der Waals surface area contributed by atoms with Gasteiger partial charge in [0.05, 0.1) is 21.3 Å². The molecule has 0 bridgehead atoms. The highest BCUT2D eigenvalue weighted by Gasteiger charge is 2.19. The first-order valence-corrected chi connectivity index (χ1v) is 8.69. The number of hydrogen-bond donors (Lipinski definition) is 3. The van der Waals surface area contributed by atoms with Gasteiger partial charge in [0.15, 0.2) is 17.2 Å². The molecule has 0 aliphatic carbocycles. The molecule has 0 saturated carbocycles. The standard InChI is InChI=1S/C19H25N3O6/c1-10(2)6-12-17(24)22-15(19(21-12)28-5)18(25)20-9-11-7-13(26-3)16(23)14(8-11)27-4/h7-8,10,23H,6,9H2,1-5H3,(H,20,25)(H,22,24). The number of carbonyl (C=O) groups is 1. The molecule has 2 aromatic rings. The summed E-state index contributed by atoms with van der Waals surface area (Å²) >= 11 is 0. The van der Waals surface area contributed by atoms with E-state index in [1.54, 1.807) is 12.1 Å². The lowest BCUT2D eigenvalue weighted by molar-refractivity contribution is 0.0941. The summed E-state index contributed by atoms with van der Waals surface area (Å²) < 4.78 is 15.4. The van der Waals surface area contributed by atoms with Crippen molar-refractivity contribution in [3.63, 3.8) is 0 Å². The molecule has 0 radical (unpaired) electrons. The minimum absolute atomic E-state index is 0.0496. The van der Waals surface area contributed by atoms with Crippen molar-refractivity contribution in [1.29, 1.82) is 0 Å². The van der Waals surface area contributed by atoms with E-state index in [1.807, 2.05) is 13.8 Å². The van der Waals surface area contributed by atoms with Crippen LogP contribution in [0.25, 0.3) is 0 Å². The Bertz CT molecular complexity index is 882. The molecule has 1 aromatic carbocycles. The number of rotatable bonds is 8. The molecule has 1 aromatic heterocycles. The molecular weight excluding hydrogens is 366 g/mol. The first-order chi connectivity index (χ1) is 13.3. The number of aromatic amines is 1. The van der Waals surface area contributed by atoms with Gasteiger partial charge in [-0.3, -0.25) is 9.59 Å². The Hall–Kier alpha value is -3.23. The second-order valence-electron chi connectivity index (χ2n) is 6.53. The fourth-order valence-electron chi connectivity index (χ4n) is 2.62. The fourth-order valence-corrected chi connectivity index (χ4v) is 2.62. The molecule has 0 unspecified atom stereocenters. The van der Waals surface area contributed by atoms with Crippen molar-refractivity contribution < 1.29 is 24.1 Å². The number of hydrogen-bond acceptors (Lipinski definition) is 7. The molecule has 1 amide bonds. The zero-order chi connectivity index (χ0) is 20.8. The van der Waals surface area contributed by atoms with Crippen LogP contribution in [0.3, 0.4) is 0 Å². The van der Waals surface area contributed by atoms with Gasteiger partial charge in [-0.05, 0) is 30.0 Å². The number of carbonyl (C=O) groups excluding carboxylic acids is 1. The molecule has 2 rings (SSSR count). The lowest BCUT2D eigenvalue weighted by atomic mass is 10.1. The molecular formula is C19H25N3O6. The topological polar surface area (TPSA) is 123 Å². The van der Waals surface area contributed by atoms with Crippen LogP contribution in [-0.2, 0) is 13.0 Å². The number of nitrogens with one attached hydrogen (secondary N) is 2. The van der Waals surface area contributed by atoms with Gasteiger partial charge >= 0.3 is 0 Å². The van der Waals surface area contributed by atoms with Gasteiger partial charge in [0.2, 0.25) is 11.6 Å². The maximum atomic E-state index is 12.5. The van der Waals surface area contributed by atoms with E-state index in [9.17, 15) is 14.7 Å². The van der Waals surface area contributed by atoms with E-state index in [1.165, 1.54) is 21.3 Å². The first kappa shape index (κ1) is 21.1. The van der Waals surface area contributed by atoms with E-state index >= 15 is 0 Å². The van der Waals surface area contributed by atoms with E-state index in [0.29, 0.717) is 17.7 Å². The summed E-state index contributed by atoms with van der Waals surface area (Å²) in [5, 5.41) is 12.6. The minimum atomic E-state index is -0.552. The van der Waals surface area contributed by atoms with Gasteiger partial charge in [-0.15, -0.1) is 0 Å². The van der Waals surface area contributed by atoms with Gasteiger partial charge in [0, 0.05) is 6.54 Å². The number of ether oxygens (including phenoxy) is 3. The Morgan fingerprint density at radius 2 is 1.79 bits per heavy atom. The van der Waals surface area contributed by atoms with Crippen molar-refractivity contribution in [3.8, 4) is 23.1 Å². The average Bonchev–Trinajstić information content (AvgIpc) is 2.67. The molecule has 1 heterocycles. The quantitative estimate of drug-likeness (QED) is 0.625. The van der Waals surface area contributed by atoms with E-state index in [-0.39, 0.29) is 41.3 Å². The molecule has 28 heavy (non-hydrogen) atoms. The number of aromatic hydroxyl groups is 1. The highest BCUT2D eigenvalue weighted by Crippen LogP contribution is 2.37. The van der Waals surface area contributed by atoms with Gasteiger partial charge in [-0.2, -0.15) is 0 Å². The molecule has 9 heteroatoms. The van der Waals surface area contributed by atoms with Crippen molar-refractivity contribution in [2.75, 3.05) is 21.3 Å². The summed E-state index contributed by atoms with van der Waals surface area (Å²) in [7, 11) is 4.21. The minimum Gasteiger partial charge on any atom is -0.502 e. The van der Waals surface area contributed by atoms with Gasteiger partial charge in [0.25, 0.3) is 11.5 Å². The summed E-state index contributed by atoms with van der Waals surface area (Å²) in [6.45, 7) is 4.04. The van der Waals surface area contributed by atoms with E-state index in [4.69, 9.17) is 14.2 Å². The Kier molecular flexibility index (Phi) is 6.86. The number of amides is 1. The Morgan fingerprint density at radius 1 is 1.18 bits per heavy atom. The Labute approximate surface area is 162 Å². The summed E-state index contributed by atoms with van der Waals surface area (Å²) in [6, 6.07) is 3.14. The maximum absolute atomic E-state index is 12.5. The van der Waals surface area contributed by atoms with Crippen LogP contribution < -0.4 is 25.1 Å². The first-order valence-electron chi connectivity index (χ1n) is 8.69. The maximum Gasteiger partial charge on any atom is 0.273 e. The lowest BCUT2D eigenvalue weighted by Gasteiger charge is -2.13. The van der Waals surface area contributed by atoms with Crippen molar-refractivity contribution >= 4 is 5.91 Å². The fraction of sp³-hybridized carbons (Fsp3) is 0.421. The molecule has 9 nitrogen and oxygen atoms in total. The van der Waals surface area contributed by atoms with Gasteiger partial charge < -0.3 is 29.6 Å². The van der Waals surface area contributed by atoms with Crippen LogP contribution in [0.1, 0.15) is 35.6 Å². The van der Waals surface area contributed by atoms with Crippen LogP contribution >= 0.6 is 0 Å². The largest absolute Gasteiger partial charge is 0.502 e. The van der Waals surface area contributed by atoms with Crippen LogP contribution in [0.5, 0.6) is 23.1 Å². The number of phenols is 1. The zero-order valence-electron chi connectivity index (χ0n) is 16.6. The number of H-pyrrole nitrogens is 1. The number of nitrogens with zero attached hydrogens (tertiary/aromatic N) is 1. The van der Waals surface area contributed by atoms with Gasteiger partial charge in [0.1, 0.15) is 5.69 Å². The molecule has 0 aliphatic heterocycles. The second-order valence-corrected chi connectivity index (χ2v) is 6.53. The van der Waals surface area contributed by atoms with E-state index in [0.717, 1.165) is 0 Å². The molecule has 0 fully saturated rings. The third kappa shape index (κ3) is 4.73. The second kappa shape index (κ2) is 9.12. The van der Waals surface area contributed by atoms with Crippen LogP contribution in [0.15, 0.2) is 16.9 Å². The number of phenolic OH excluding ortho intramolecular Hbond substituents is 1. The average molecular weight is 391 g/mol. The van der Waals surface area contributed by atoms with Crippen LogP contribution in [-0.4, -0.2) is 42.3 Å². The highest BCUT2D eigenvalue weighted by atomic mass is 16.5. The van der Waals surface area contributed by atoms with Crippen molar-refractivity contribution in [2.45, 2.75) is 26.8 Å². The van der Waals surface area contributed by atoms with Gasteiger partial charge in [-0.1, -0.05) is 13.8 Å². The number of aromatic nitrogens is 2. The normalized spacial score (nSPS) is 10.6. The summed E-state index contributed by atoms with van der Waals surface area (Å²) in [5.41, 5.74) is 0.465. The lowest BCUT2D eigenvalue weighted by Crippen LogP contribution is -2.29. The SMILES string of the molecule is COc1cc(CNC(=O)c2[nH]c(=O)c(CC(C)C)nc2OC)cc(OC)c1O. The van der Waals surface area contributed by atoms with E-state index < -0.39 is 11.5 Å². The Morgan fingerprint density at radius 3 is 2.29 bits per heavy atom. The molecule has 0 aliphatic rings. The number of methoxy groups -OCH3 is 3. The van der Waals surface area contributed by atoms with Crippen LogP contribution in [0.4, 0.5) is 0 Å². The smallest absolute Gasteiger partial charge is 0.273 e. The third-order valence-corrected chi connectivity index (χ3v) is 3.97. The predicted molar refractivity (Wildman–Crippen MR) is 102 cm³/mol. The number of benzene rings is 1.